The molecule has 0 aliphatic rings. The Balaban J connectivity index is 2.47. The van der Waals surface area contributed by atoms with Crippen LogP contribution in [0.15, 0.2) is 6.33 Å². The first-order chi connectivity index (χ1) is 9.15. The van der Waals surface area contributed by atoms with Gasteiger partial charge in [0.15, 0.2) is 5.82 Å². The van der Waals surface area contributed by atoms with E-state index in [1.165, 1.54) is 6.33 Å². The summed E-state index contributed by atoms with van der Waals surface area (Å²) in [6, 6.07) is 0. The number of nitrogens with two attached hydrogens (primary N) is 1. The molecule has 3 N–H and O–H groups in total. The van der Waals surface area contributed by atoms with Gasteiger partial charge in [-0.2, -0.15) is 4.98 Å². The minimum atomic E-state index is 0.391. The third kappa shape index (κ3) is 5.71. The Morgan fingerprint density at radius 2 is 2.11 bits per heavy atom. The number of anilines is 2. The molecule has 0 saturated carbocycles. The van der Waals surface area contributed by atoms with Gasteiger partial charge in [0.2, 0.25) is 5.88 Å². The second-order valence-electron chi connectivity index (χ2n) is 4.37. The molecule has 0 aromatic carbocycles. The summed E-state index contributed by atoms with van der Waals surface area (Å²) in [5.41, 5.74) is 6.38. The molecule has 7 nitrogen and oxygen atoms in total. The van der Waals surface area contributed by atoms with E-state index in [-0.39, 0.29) is 0 Å². The lowest BCUT2D eigenvalue weighted by Crippen LogP contribution is -2.17. The van der Waals surface area contributed by atoms with E-state index >= 15 is 0 Å². The minimum absolute atomic E-state index is 0.391. The van der Waals surface area contributed by atoms with Crippen molar-refractivity contribution < 1.29 is 9.47 Å². The van der Waals surface area contributed by atoms with Gasteiger partial charge in [-0.3, -0.25) is 0 Å². The van der Waals surface area contributed by atoms with Crippen LogP contribution in [0.2, 0.25) is 0 Å². The van der Waals surface area contributed by atoms with E-state index in [1.54, 1.807) is 7.11 Å². The first-order valence-electron chi connectivity index (χ1n) is 6.26. The number of nitrogen functional groups attached to an aromatic ring is 1. The van der Waals surface area contributed by atoms with E-state index in [9.17, 15) is 0 Å². The normalized spacial score (nSPS) is 10.7. The Kier molecular flexibility index (Phi) is 6.91. The number of aromatic nitrogens is 2. The lowest BCUT2D eigenvalue weighted by Gasteiger charge is -2.13. The molecule has 0 spiro atoms. The van der Waals surface area contributed by atoms with E-state index in [2.05, 4.69) is 20.2 Å². The maximum Gasteiger partial charge on any atom is 0.242 e. The predicted molar refractivity (Wildman–Crippen MR) is 75.5 cm³/mol. The van der Waals surface area contributed by atoms with Gasteiger partial charge in [0.25, 0.3) is 0 Å². The van der Waals surface area contributed by atoms with E-state index in [0.29, 0.717) is 30.6 Å². The zero-order valence-electron chi connectivity index (χ0n) is 11.8. The summed E-state index contributed by atoms with van der Waals surface area (Å²) in [7, 11) is 5.70. The van der Waals surface area contributed by atoms with Crippen molar-refractivity contribution >= 4 is 11.5 Å². The molecule has 1 heterocycles. The zero-order valence-corrected chi connectivity index (χ0v) is 11.8. The Hall–Kier alpha value is -1.60. The van der Waals surface area contributed by atoms with Gasteiger partial charge < -0.3 is 25.4 Å². The molecule has 0 saturated heterocycles. The zero-order chi connectivity index (χ0) is 14.1. The van der Waals surface area contributed by atoms with Crippen LogP contribution in [0.5, 0.6) is 5.88 Å². The number of methoxy groups -OCH3 is 1. The fraction of sp³-hybridized carbons (Fsp3) is 0.667. The lowest BCUT2D eigenvalue weighted by molar-refractivity contribution is 0.144. The summed E-state index contributed by atoms with van der Waals surface area (Å²) in [4.78, 5) is 10.2. The molecule has 0 amide bonds. The summed E-state index contributed by atoms with van der Waals surface area (Å²) in [6.45, 7) is 2.72. The molecule has 1 rings (SSSR count). The van der Waals surface area contributed by atoms with Gasteiger partial charge in [-0.05, 0) is 27.1 Å². The summed E-state index contributed by atoms with van der Waals surface area (Å²) in [5.74, 6) is 1.00. The molecule has 0 aliphatic carbocycles. The van der Waals surface area contributed by atoms with Crippen LogP contribution < -0.4 is 15.8 Å². The van der Waals surface area contributed by atoms with Crippen LogP contribution >= 0.6 is 0 Å². The highest BCUT2D eigenvalue weighted by Gasteiger charge is 2.08. The van der Waals surface area contributed by atoms with Gasteiger partial charge in [0.1, 0.15) is 18.6 Å². The molecular formula is C12H23N5O2. The average Bonchev–Trinajstić information content (AvgIpc) is 2.38. The summed E-state index contributed by atoms with van der Waals surface area (Å²) in [6.07, 6.45) is 2.45. The van der Waals surface area contributed by atoms with Gasteiger partial charge in [-0.1, -0.05) is 0 Å². The number of ether oxygens (including phenoxy) is 2. The van der Waals surface area contributed by atoms with Gasteiger partial charge in [-0.25, -0.2) is 4.98 Å². The molecule has 0 unspecified atom stereocenters. The SMILES string of the molecule is COCCOc1ncnc(NCCCN(C)C)c1N. The van der Waals surface area contributed by atoms with Crippen LogP contribution in [0, 0.1) is 0 Å². The summed E-state index contributed by atoms with van der Waals surface area (Å²) >= 11 is 0. The van der Waals surface area contributed by atoms with Crippen molar-refractivity contribution in [2.24, 2.45) is 0 Å². The molecule has 0 fully saturated rings. The van der Waals surface area contributed by atoms with Crippen molar-refractivity contribution in [1.29, 1.82) is 0 Å². The van der Waals surface area contributed by atoms with Crippen molar-refractivity contribution in [2.75, 3.05) is 58.6 Å². The monoisotopic (exact) mass is 269 g/mol. The molecule has 19 heavy (non-hydrogen) atoms. The van der Waals surface area contributed by atoms with Gasteiger partial charge in [0, 0.05) is 13.7 Å². The standard InChI is InChI=1S/C12H23N5O2/c1-17(2)6-4-5-14-11-10(13)12(16-9-15-11)19-8-7-18-3/h9H,4-8,13H2,1-3H3,(H,14,15,16). The third-order valence-corrected chi connectivity index (χ3v) is 2.45. The molecular weight excluding hydrogens is 246 g/mol. The van der Waals surface area contributed by atoms with E-state index < -0.39 is 0 Å². The van der Waals surface area contributed by atoms with Crippen LogP contribution in [-0.2, 0) is 4.74 Å². The first kappa shape index (κ1) is 15.5. The summed E-state index contributed by atoms with van der Waals surface area (Å²) in [5, 5.41) is 3.19. The van der Waals surface area contributed by atoms with Crippen molar-refractivity contribution in [3.05, 3.63) is 6.33 Å². The Bertz CT molecular complexity index is 373. The molecule has 0 bridgehead atoms. The van der Waals surface area contributed by atoms with Crippen molar-refractivity contribution in [3.63, 3.8) is 0 Å². The minimum Gasteiger partial charge on any atom is -0.474 e. The Morgan fingerprint density at radius 1 is 1.32 bits per heavy atom. The van der Waals surface area contributed by atoms with Crippen LogP contribution in [-0.4, -0.2) is 62.4 Å². The predicted octanol–water partition coefficient (Wildman–Crippen LogP) is 0.448. The van der Waals surface area contributed by atoms with Crippen molar-refractivity contribution in [1.82, 2.24) is 14.9 Å². The van der Waals surface area contributed by atoms with E-state index in [1.807, 2.05) is 14.1 Å². The summed E-state index contributed by atoms with van der Waals surface area (Å²) < 4.78 is 10.3. The number of nitrogens with one attached hydrogen (secondary N) is 1. The molecule has 0 aliphatic heterocycles. The fourth-order valence-corrected chi connectivity index (χ4v) is 1.46. The second-order valence-corrected chi connectivity index (χ2v) is 4.37. The number of nitrogens with zero attached hydrogens (tertiary/aromatic N) is 3. The molecule has 0 radical (unpaired) electrons. The van der Waals surface area contributed by atoms with Crippen LogP contribution in [0.4, 0.5) is 11.5 Å². The highest BCUT2D eigenvalue weighted by atomic mass is 16.5. The van der Waals surface area contributed by atoms with Gasteiger partial charge in [-0.15, -0.1) is 0 Å². The largest absolute Gasteiger partial charge is 0.474 e. The molecule has 0 atom stereocenters. The fourth-order valence-electron chi connectivity index (χ4n) is 1.46. The maximum absolute atomic E-state index is 5.94. The van der Waals surface area contributed by atoms with E-state index in [0.717, 1.165) is 19.5 Å². The average molecular weight is 269 g/mol. The highest BCUT2D eigenvalue weighted by Crippen LogP contribution is 2.24. The van der Waals surface area contributed by atoms with Crippen LogP contribution in [0.1, 0.15) is 6.42 Å². The van der Waals surface area contributed by atoms with Crippen molar-refractivity contribution in [2.45, 2.75) is 6.42 Å². The molecule has 7 heteroatoms. The van der Waals surface area contributed by atoms with Crippen LogP contribution in [0.3, 0.4) is 0 Å². The smallest absolute Gasteiger partial charge is 0.242 e. The quantitative estimate of drug-likeness (QED) is 0.629. The maximum atomic E-state index is 5.94. The molecule has 108 valence electrons. The Labute approximate surface area is 114 Å². The number of hydrogen-bond donors (Lipinski definition) is 2. The molecule has 1 aromatic heterocycles. The lowest BCUT2D eigenvalue weighted by atomic mass is 10.4. The topological polar surface area (TPSA) is 85.5 Å². The Morgan fingerprint density at radius 3 is 2.79 bits per heavy atom. The molecule has 1 aromatic rings. The highest BCUT2D eigenvalue weighted by molar-refractivity contribution is 5.66. The first-order valence-corrected chi connectivity index (χ1v) is 6.26. The number of hydrogen-bond acceptors (Lipinski definition) is 7. The third-order valence-electron chi connectivity index (χ3n) is 2.45. The van der Waals surface area contributed by atoms with Crippen LogP contribution in [0.25, 0.3) is 0 Å². The van der Waals surface area contributed by atoms with Crippen molar-refractivity contribution in [3.8, 4) is 5.88 Å². The number of rotatable bonds is 9. The second kappa shape index (κ2) is 8.49. The van der Waals surface area contributed by atoms with E-state index in [4.69, 9.17) is 15.2 Å². The van der Waals surface area contributed by atoms with Gasteiger partial charge in [0.05, 0.1) is 6.61 Å². The van der Waals surface area contributed by atoms with Gasteiger partial charge >= 0.3 is 0 Å².